The summed E-state index contributed by atoms with van der Waals surface area (Å²) in [6.45, 7) is 11.9. The van der Waals surface area contributed by atoms with E-state index in [2.05, 4.69) is 136 Å². The van der Waals surface area contributed by atoms with Gasteiger partial charge in [-0.15, -0.1) is 0 Å². The maximum absolute atomic E-state index is 5.71. The first-order valence-corrected chi connectivity index (χ1v) is 14.9. The van der Waals surface area contributed by atoms with Gasteiger partial charge in [0.25, 0.3) is 0 Å². The maximum atomic E-state index is 5.71. The molecule has 0 unspecified atom stereocenters. The fourth-order valence-electron chi connectivity index (χ4n) is 4.65. The van der Waals surface area contributed by atoms with Crippen molar-refractivity contribution >= 4 is 23.0 Å². The zero-order valence-electron chi connectivity index (χ0n) is 23.0. The largest absolute Gasteiger partial charge is 0.497 e. The van der Waals surface area contributed by atoms with Crippen molar-refractivity contribution in [2.24, 2.45) is 10.2 Å². The summed E-state index contributed by atoms with van der Waals surface area (Å²) in [6, 6.07) is 40.7. The first kappa shape index (κ1) is 27.5. The SMILES string of the molecule is C=C(Cc1ccc(OC)cc1)N[C@H](CN=P(c1ccccc1)(c1ccccc1)c1ccccc1)C(C)(C)C. The first-order chi connectivity index (χ1) is 18.3. The Morgan fingerprint density at radius 3 is 1.61 bits per heavy atom. The highest BCUT2D eigenvalue weighted by Gasteiger charge is 2.30. The van der Waals surface area contributed by atoms with Crippen LogP contribution in [0, 0.1) is 5.41 Å². The Morgan fingerprint density at radius 2 is 1.21 bits per heavy atom. The monoisotopic (exact) mass is 522 g/mol. The van der Waals surface area contributed by atoms with Gasteiger partial charge in [0.1, 0.15) is 5.75 Å². The van der Waals surface area contributed by atoms with Crippen LogP contribution in [0.1, 0.15) is 26.3 Å². The zero-order chi connectivity index (χ0) is 27.0. The number of nitrogens with zero attached hydrogens (tertiary/aromatic N) is 1. The Balaban J connectivity index is 1.74. The summed E-state index contributed by atoms with van der Waals surface area (Å²) in [6.07, 6.45) is 0.757. The van der Waals surface area contributed by atoms with Gasteiger partial charge in [-0.3, -0.25) is 4.74 Å². The lowest BCUT2D eigenvalue weighted by atomic mass is 9.86. The summed E-state index contributed by atoms with van der Waals surface area (Å²) < 4.78 is 11.0. The Bertz CT molecular complexity index is 1260. The molecule has 0 saturated carbocycles. The van der Waals surface area contributed by atoms with E-state index in [1.807, 2.05) is 12.1 Å². The average molecular weight is 523 g/mol. The van der Waals surface area contributed by atoms with Gasteiger partial charge in [0.2, 0.25) is 0 Å². The lowest BCUT2D eigenvalue weighted by Crippen LogP contribution is -2.42. The molecule has 0 heterocycles. The Morgan fingerprint density at radius 1 is 0.763 bits per heavy atom. The normalized spacial score (nSPS) is 12.4. The van der Waals surface area contributed by atoms with Gasteiger partial charge in [-0.1, -0.05) is 130 Å². The zero-order valence-corrected chi connectivity index (χ0v) is 23.9. The molecule has 0 saturated heterocycles. The van der Waals surface area contributed by atoms with Gasteiger partial charge in [-0.05, 0) is 23.1 Å². The van der Waals surface area contributed by atoms with Crippen LogP contribution in [-0.2, 0) is 6.42 Å². The fourth-order valence-corrected chi connectivity index (χ4v) is 8.25. The van der Waals surface area contributed by atoms with Gasteiger partial charge in [0.15, 0.2) is 0 Å². The molecule has 0 spiro atoms. The van der Waals surface area contributed by atoms with Crippen LogP contribution in [0.2, 0.25) is 0 Å². The summed E-state index contributed by atoms with van der Waals surface area (Å²) in [5.41, 5.74) is 2.17. The Labute approximate surface area is 228 Å². The number of ether oxygens (including phenoxy) is 1. The molecule has 0 aliphatic heterocycles. The molecule has 0 aliphatic carbocycles. The fraction of sp³-hybridized carbons (Fsp3) is 0.235. The minimum Gasteiger partial charge on any atom is -0.497 e. The molecule has 4 aromatic carbocycles. The molecule has 0 fully saturated rings. The predicted octanol–water partition coefficient (Wildman–Crippen LogP) is 6.93. The summed E-state index contributed by atoms with van der Waals surface area (Å²) in [7, 11) is -0.564. The van der Waals surface area contributed by atoms with E-state index in [4.69, 9.17) is 9.48 Å². The van der Waals surface area contributed by atoms with E-state index < -0.39 is 7.05 Å². The third kappa shape index (κ3) is 6.47. The predicted molar refractivity (Wildman–Crippen MR) is 165 cm³/mol. The minimum atomic E-state index is -2.25. The van der Waals surface area contributed by atoms with E-state index in [9.17, 15) is 0 Å². The molecule has 4 heteroatoms. The van der Waals surface area contributed by atoms with E-state index >= 15 is 0 Å². The topological polar surface area (TPSA) is 33.6 Å². The molecular weight excluding hydrogens is 483 g/mol. The maximum Gasteiger partial charge on any atom is 0.118 e. The van der Waals surface area contributed by atoms with Crippen molar-refractivity contribution in [2.45, 2.75) is 33.2 Å². The molecule has 0 bridgehead atoms. The van der Waals surface area contributed by atoms with Crippen molar-refractivity contribution in [2.75, 3.05) is 13.7 Å². The van der Waals surface area contributed by atoms with Crippen LogP contribution < -0.4 is 26.0 Å². The molecule has 1 N–H and O–H groups in total. The van der Waals surface area contributed by atoms with E-state index in [0.29, 0.717) is 6.54 Å². The summed E-state index contributed by atoms with van der Waals surface area (Å²) in [5, 5.41) is 7.56. The number of nitrogens with one attached hydrogen (secondary N) is 1. The second-order valence-corrected chi connectivity index (χ2v) is 13.8. The van der Waals surface area contributed by atoms with Crippen molar-refractivity contribution < 1.29 is 4.74 Å². The Kier molecular flexibility index (Phi) is 8.92. The van der Waals surface area contributed by atoms with Gasteiger partial charge in [0, 0.05) is 28.0 Å². The van der Waals surface area contributed by atoms with Gasteiger partial charge in [-0.2, -0.15) is 0 Å². The van der Waals surface area contributed by atoms with Gasteiger partial charge >= 0.3 is 0 Å². The van der Waals surface area contributed by atoms with Crippen LogP contribution >= 0.6 is 7.05 Å². The van der Waals surface area contributed by atoms with E-state index in [1.54, 1.807) is 7.11 Å². The third-order valence-corrected chi connectivity index (χ3v) is 10.6. The van der Waals surface area contributed by atoms with E-state index in [-0.39, 0.29) is 11.5 Å². The molecule has 0 radical (unpaired) electrons. The third-order valence-electron chi connectivity index (χ3n) is 6.87. The van der Waals surface area contributed by atoms with Crippen molar-refractivity contribution in [3.05, 3.63) is 133 Å². The van der Waals surface area contributed by atoms with Crippen molar-refractivity contribution in [1.82, 2.24) is 5.32 Å². The Hall–Kier alpha value is -3.55. The molecule has 0 amide bonds. The van der Waals surface area contributed by atoms with Crippen LogP contribution in [0.25, 0.3) is 0 Å². The minimum absolute atomic E-state index is 0.0218. The van der Waals surface area contributed by atoms with Crippen molar-refractivity contribution in [3.63, 3.8) is 0 Å². The number of allylic oxidation sites excluding steroid dienone is 1. The summed E-state index contributed by atoms with van der Waals surface area (Å²) >= 11 is 0. The summed E-state index contributed by atoms with van der Waals surface area (Å²) in [4.78, 5) is 0. The van der Waals surface area contributed by atoms with Crippen LogP contribution in [0.4, 0.5) is 0 Å². The molecule has 0 aromatic heterocycles. The molecule has 4 rings (SSSR count). The van der Waals surface area contributed by atoms with Crippen molar-refractivity contribution in [1.29, 1.82) is 0 Å². The average Bonchev–Trinajstić information content (AvgIpc) is 2.94. The molecule has 196 valence electrons. The molecule has 4 aromatic rings. The molecule has 0 aliphatic rings. The number of hydrogen-bond donors (Lipinski definition) is 1. The lowest BCUT2D eigenvalue weighted by molar-refractivity contribution is 0.290. The number of methoxy groups -OCH3 is 1. The van der Waals surface area contributed by atoms with Crippen LogP contribution in [0.15, 0.2) is 132 Å². The van der Waals surface area contributed by atoms with Crippen LogP contribution in [0.5, 0.6) is 5.75 Å². The molecule has 1 atom stereocenters. The number of hydrogen-bond acceptors (Lipinski definition) is 3. The van der Waals surface area contributed by atoms with Gasteiger partial charge < -0.3 is 10.1 Å². The van der Waals surface area contributed by atoms with E-state index in [1.165, 1.54) is 21.5 Å². The summed E-state index contributed by atoms with van der Waals surface area (Å²) in [5.74, 6) is 0.863. The molecular formula is C34H39N2OP. The number of rotatable bonds is 10. The standard InChI is InChI=1S/C34H39N2OP/c1-27(25-28-21-23-29(37-5)24-22-28)36-33(34(2,3)4)26-35-38(30-15-9-6-10-16-30,31-17-11-7-12-18-31)32-19-13-8-14-20-32/h6-24,33,36H,1,25-26H2,2-5H3/t33-/m1/s1. The van der Waals surface area contributed by atoms with E-state index in [0.717, 1.165) is 17.9 Å². The number of benzene rings is 4. The van der Waals surface area contributed by atoms with Crippen LogP contribution in [-0.4, -0.2) is 19.7 Å². The lowest BCUT2D eigenvalue weighted by Gasteiger charge is -2.34. The molecule has 38 heavy (non-hydrogen) atoms. The highest BCUT2D eigenvalue weighted by molar-refractivity contribution is 7.87. The molecule has 3 nitrogen and oxygen atoms in total. The smallest absolute Gasteiger partial charge is 0.118 e. The van der Waals surface area contributed by atoms with Crippen LogP contribution in [0.3, 0.4) is 0 Å². The quantitative estimate of drug-likeness (QED) is 0.229. The highest BCUT2D eigenvalue weighted by Crippen LogP contribution is 2.46. The first-order valence-electron chi connectivity index (χ1n) is 13.1. The van der Waals surface area contributed by atoms with Gasteiger partial charge in [0.05, 0.1) is 26.8 Å². The highest BCUT2D eigenvalue weighted by atomic mass is 31.2. The second kappa shape index (κ2) is 12.3. The second-order valence-electron chi connectivity index (χ2n) is 10.7. The van der Waals surface area contributed by atoms with Crippen molar-refractivity contribution in [3.8, 4) is 5.75 Å². The van der Waals surface area contributed by atoms with Gasteiger partial charge in [-0.25, -0.2) is 0 Å².